The summed E-state index contributed by atoms with van der Waals surface area (Å²) in [5.41, 5.74) is 0.0947. The Morgan fingerprint density at radius 1 is 1.70 bits per heavy atom. The zero-order valence-electron chi connectivity index (χ0n) is 6.29. The molecule has 0 amide bonds. The first-order valence-corrected chi connectivity index (χ1v) is 3.47. The molecule has 1 aliphatic carbocycles. The van der Waals surface area contributed by atoms with Gasteiger partial charge in [-0.1, -0.05) is 13.8 Å². The van der Waals surface area contributed by atoms with E-state index in [2.05, 4.69) is 6.07 Å². The van der Waals surface area contributed by atoms with Gasteiger partial charge in [-0.3, -0.25) is 0 Å². The predicted octanol–water partition coefficient (Wildman–Crippen LogP) is 1.37. The summed E-state index contributed by atoms with van der Waals surface area (Å²) in [6.07, 6.45) is 1.50. The number of hydrogen-bond donors (Lipinski definition) is 0. The Balaban J connectivity index is 2.54. The van der Waals surface area contributed by atoms with Crippen LogP contribution in [-0.4, -0.2) is 6.29 Å². The average Bonchev–Trinajstić information content (AvgIpc) is 2.36. The summed E-state index contributed by atoms with van der Waals surface area (Å²) in [5, 5.41) is 8.36. The lowest BCUT2D eigenvalue weighted by molar-refractivity contribution is -0.109. The van der Waals surface area contributed by atoms with Crippen molar-refractivity contribution in [1.82, 2.24) is 0 Å². The van der Waals surface area contributed by atoms with Gasteiger partial charge in [0.2, 0.25) is 0 Å². The third-order valence-corrected chi connectivity index (χ3v) is 2.60. The van der Waals surface area contributed by atoms with Gasteiger partial charge in [-0.2, -0.15) is 5.26 Å². The molecule has 0 radical (unpaired) electrons. The van der Waals surface area contributed by atoms with E-state index in [1.807, 2.05) is 13.8 Å². The number of nitrogens with zero attached hydrogens (tertiary/aromatic N) is 1. The van der Waals surface area contributed by atoms with Crippen molar-refractivity contribution in [2.45, 2.75) is 20.3 Å². The minimum atomic E-state index is 0.0947. The molecule has 0 aromatic heterocycles. The Labute approximate surface area is 60.8 Å². The fourth-order valence-corrected chi connectivity index (χ4v) is 1.55. The van der Waals surface area contributed by atoms with E-state index >= 15 is 0 Å². The molecule has 0 aromatic rings. The molecular weight excluding hydrogens is 126 g/mol. The van der Waals surface area contributed by atoms with Crippen LogP contribution in [0.4, 0.5) is 0 Å². The van der Waals surface area contributed by atoms with Crippen molar-refractivity contribution >= 4 is 6.29 Å². The Bertz CT molecular complexity index is 190. The van der Waals surface area contributed by atoms with Crippen molar-refractivity contribution in [1.29, 1.82) is 5.26 Å². The Kier molecular flexibility index (Phi) is 1.52. The number of carbonyl (C=O) groups excluding carboxylic acids is 1. The normalized spacial score (nSPS) is 34.5. The van der Waals surface area contributed by atoms with E-state index in [4.69, 9.17) is 5.26 Å². The number of rotatable bonds is 2. The molecule has 1 rings (SSSR count). The minimum absolute atomic E-state index is 0.0947. The van der Waals surface area contributed by atoms with Crippen LogP contribution in [0.3, 0.4) is 0 Å². The largest absolute Gasteiger partial charge is 0.303 e. The smallest absolute Gasteiger partial charge is 0.123 e. The molecule has 54 valence electrons. The molecule has 0 spiro atoms. The quantitative estimate of drug-likeness (QED) is 0.539. The van der Waals surface area contributed by atoms with Gasteiger partial charge in [-0.25, -0.2) is 0 Å². The zero-order valence-corrected chi connectivity index (χ0v) is 6.29. The van der Waals surface area contributed by atoms with Gasteiger partial charge in [-0.15, -0.1) is 0 Å². The van der Waals surface area contributed by atoms with Crippen molar-refractivity contribution < 1.29 is 4.79 Å². The third kappa shape index (κ3) is 0.824. The van der Waals surface area contributed by atoms with Gasteiger partial charge in [0.25, 0.3) is 0 Å². The molecule has 0 unspecified atom stereocenters. The van der Waals surface area contributed by atoms with Crippen LogP contribution in [0.1, 0.15) is 20.3 Å². The molecule has 2 nitrogen and oxygen atoms in total. The van der Waals surface area contributed by atoms with Gasteiger partial charge >= 0.3 is 0 Å². The molecular formula is C8H11NO. The van der Waals surface area contributed by atoms with E-state index in [1.54, 1.807) is 0 Å². The highest BCUT2D eigenvalue weighted by atomic mass is 16.1. The number of hydrogen-bond acceptors (Lipinski definition) is 2. The minimum Gasteiger partial charge on any atom is -0.303 e. The maximum absolute atomic E-state index is 10.4. The molecule has 2 atom stereocenters. The van der Waals surface area contributed by atoms with Gasteiger partial charge in [-0.05, 0) is 11.3 Å². The predicted molar refractivity (Wildman–Crippen MR) is 37.1 cm³/mol. The van der Waals surface area contributed by atoms with Crippen LogP contribution in [0, 0.1) is 28.6 Å². The van der Waals surface area contributed by atoms with E-state index in [0.29, 0.717) is 12.3 Å². The molecule has 1 fully saturated rings. The van der Waals surface area contributed by atoms with Crippen LogP contribution in [0.5, 0.6) is 0 Å². The highest BCUT2D eigenvalue weighted by Crippen LogP contribution is 2.58. The van der Waals surface area contributed by atoms with Crippen molar-refractivity contribution in [3.05, 3.63) is 0 Å². The molecule has 10 heavy (non-hydrogen) atoms. The van der Waals surface area contributed by atoms with E-state index < -0.39 is 0 Å². The van der Waals surface area contributed by atoms with Gasteiger partial charge < -0.3 is 4.79 Å². The summed E-state index contributed by atoms with van der Waals surface area (Å²) in [6.45, 7) is 4.07. The SMILES string of the molecule is CC1(C)[C@H](CC#N)[C@@H]1C=O. The second kappa shape index (κ2) is 2.09. The Morgan fingerprint density at radius 2 is 2.30 bits per heavy atom. The van der Waals surface area contributed by atoms with Crippen molar-refractivity contribution in [2.75, 3.05) is 0 Å². The second-order valence-electron chi connectivity index (χ2n) is 3.45. The topological polar surface area (TPSA) is 40.9 Å². The summed E-state index contributed by atoms with van der Waals surface area (Å²) in [5.74, 6) is 0.446. The first-order chi connectivity index (χ1) is 4.64. The maximum atomic E-state index is 10.4. The number of carbonyl (C=O) groups is 1. The maximum Gasteiger partial charge on any atom is 0.123 e. The summed E-state index contributed by atoms with van der Waals surface area (Å²) < 4.78 is 0. The van der Waals surface area contributed by atoms with Crippen LogP contribution >= 0.6 is 0 Å². The lowest BCUT2D eigenvalue weighted by Crippen LogP contribution is -1.90. The lowest BCUT2D eigenvalue weighted by atomic mass is 10.1. The Hall–Kier alpha value is -0.840. The molecule has 0 saturated heterocycles. The molecule has 0 N–H and O–H groups in total. The van der Waals surface area contributed by atoms with E-state index in [0.717, 1.165) is 6.29 Å². The highest BCUT2D eigenvalue weighted by Gasteiger charge is 2.57. The second-order valence-corrected chi connectivity index (χ2v) is 3.45. The fraction of sp³-hybridized carbons (Fsp3) is 0.750. The van der Waals surface area contributed by atoms with Gasteiger partial charge in [0.1, 0.15) is 6.29 Å². The van der Waals surface area contributed by atoms with Gasteiger partial charge in [0.15, 0.2) is 0 Å². The molecule has 0 heterocycles. The van der Waals surface area contributed by atoms with Crippen molar-refractivity contribution in [3.8, 4) is 6.07 Å². The first kappa shape index (κ1) is 7.27. The number of nitriles is 1. The summed E-state index contributed by atoms with van der Waals surface area (Å²) in [6, 6.07) is 2.09. The molecule has 1 aliphatic rings. The monoisotopic (exact) mass is 137 g/mol. The zero-order chi connectivity index (χ0) is 7.78. The van der Waals surface area contributed by atoms with Crippen LogP contribution in [0.25, 0.3) is 0 Å². The molecule has 0 bridgehead atoms. The Morgan fingerprint density at radius 3 is 2.60 bits per heavy atom. The third-order valence-electron chi connectivity index (χ3n) is 2.60. The first-order valence-electron chi connectivity index (χ1n) is 3.47. The fourth-order valence-electron chi connectivity index (χ4n) is 1.55. The standard InChI is InChI=1S/C8H11NO/c1-8(2)6(3-4-9)7(8)5-10/h5-7H,3H2,1-2H3/t6-,7+/m1/s1. The van der Waals surface area contributed by atoms with Gasteiger partial charge in [0, 0.05) is 12.3 Å². The molecule has 0 aromatic carbocycles. The molecule has 1 saturated carbocycles. The average molecular weight is 137 g/mol. The van der Waals surface area contributed by atoms with E-state index in [9.17, 15) is 4.79 Å². The number of aldehydes is 1. The van der Waals surface area contributed by atoms with Crippen LogP contribution in [0.15, 0.2) is 0 Å². The van der Waals surface area contributed by atoms with Crippen LogP contribution < -0.4 is 0 Å². The van der Waals surface area contributed by atoms with Crippen molar-refractivity contribution in [2.24, 2.45) is 17.3 Å². The van der Waals surface area contributed by atoms with Crippen LogP contribution in [-0.2, 0) is 4.79 Å². The highest BCUT2D eigenvalue weighted by molar-refractivity contribution is 5.61. The van der Waals surface area contributed by atoms with E-state index in [-0.39, 0.29) is 11.3 Å². The molecule has 2 heteroatoms. The lowest BCUT2D eigenvalue weighted by Gasteiger charge is -1.95. The van der Waals surface area contributed by atoms with E-state index in [1.165, 1.54) is 0 Å². The summed E-state index contributed by atoms with van der Waals surface area (Å²) >= 11 is 0. The molecule has 0 aliphatic heterocycles. The van der Waals surface area contributed by atoms with Gasteiger partial charge in [0.05, 0.1) is 6.07 Å². The van der Waals surface area contributed by atoms with Crippen molar-refractivity contribution in [3.63, 3.8) is 0 Å². The summed E-state index contributed by atoms with van der Waals surface area (Å²) in [4.78, 5) is 10.4. The van der Waals surface area contributed by atoms with Crippen LogP contribution in [0.2, 0.25) is 0 Å². The summed E-state index contributed by atoms with van der Waals surface area (Å²) in [7, 11) is 0.